The Balaban J connectivity index is 2.24. The van der Waals surface area contributed by atoms with Gasteiger partial charge in [0.05, 0.1) is 6.10 Å². The van der Waals surface area contributed by atoms with E-state index in [9.17, 15) is 9.50 Å². The van der Waals surface area contributed by atoms with Gasteiger partial charge in [-0.1, -0.05) is 12.1 Å². The molecule has 1 heterocycles. The summed E-state index contributed by atoms with van der Waals surface area (Å²) in [5.41, 5.74) is 6.02. The van der Waals surface area contributed by atoms with Crippen LogP contribution in [0.5, 0.6) is 0 Å². The van der Waals surface area contributed by atoms with Gasteiger partial charge in [-0.05, 0) is 30.5 Å². The van der Waals surface area contributed by atoms with E-state index < -0.39 is 6.10 Å². The molecule has 1 aliphatic rings. The Morgan fingerprint density at radius 1 is 1.41 bits per heavy atom. The van der Waals surface area contributed by atoms with Crippen molar-refractivity contribution in [1.82, 2.24) is 0 Å². The van der Waals surface area contributed by atoms with Crippen LogP contribution in [-0.2, 0) is 4.74 Å². The molecule has 94 valence electrons. The summed E-state index contributed by atoms with van der Waals surface area (Å²) >= 11 is 0. The fraction of sp³-hybridized carbons (Fsp3) is 0.538. The summed E-state index contributed by atoms with van der Waals surface area (Å²) in [5, 5.41) is 10.4. The molecule has 0 saturated carbocycles. The molecule has 0 aliphatic carbocycles. The van der Waals surface area contributed by atoms with Gasteiger partial charge in [-0.25, -0.2) is 4.39 Å². The fourth-order valence-corrected chi connectivity index (χ4v) is 2.40. The Morgan fingerprint density at radius 2 is 2.12 bits per heavy atom. The summed E-state index contributed by atoms with van der Waals surface area (Å²) in [6, 6.07) is 6.09. The smallest absolute Gasteiger partial charge is 0.123 e. The predicted octanol–water partition coefficient (Wildman–Crippen LogP) is 1.61. The summed E-state index contributed by atoms with van der Waals surface area (Å²) < 4.78 is 18.5. The molecular formula is C13H18FNO2. The Kier molecular flexibility index (Phi) is 3.76. The minimum Gasteiger partial charge on any atom is -0.388 e. The zero-order valence-electron chi connectivity index (χ0n) is 9.73. The lowest BCUT2D eigenvalue weighted by atomic mass is 9.73. The van der Waals surface area contributed by atoms with E-state index in [1.54, 1.807) is 12.1 Å². The third-order valence-corrected chi connectivity index (χ3v) is 3.64. The molecule has 0 aromatic heterocycles. The molecule has 0 radical (unpaired) electrons. The van der Waals surface area contributed by atoms with E-state index in [1.165, 1.54) is 12.1 Å². The highest BCUT2D eigenvalue weighted by Crippen LogP contribution is 2.41. The number of ether oxygens (including phenoxy) is 1. The van der Waals surface area contributed by atoms with Crippen molar-refractivity contribution >= 4 is 0 Å². The predicted molar refractivity (Wildman–Crippen MR) is 62.9 cm³/mol. The topological polar surface area (TPSA) is 55.5 Å². The number of nitrogens with two attached hydrogens (primary N) is 1. The van der Waals surface area contributed by atoms with Gasteiger partial charge in [-0.15, -0.1) is 0 Å². The van der Waals surface area contributed by atoms with Crippen LogP contribution in [0.2, 0.25) is 0 Å². The quantitative estimate of drug-likeness (QED) is 0.842. The van der Waals surface area contributed by atoms with Gasteiger partial charge in [0.2, 0.25) is 0 Å². The molecule has 3 N–H and O–H groups in total. The van der Waals surface area contributed by atoms with Crippen LogP contribution in [0, 0.1) is 11.2 Å². The summed E-state index contributed by atoms with van der Waals surface area (Å²) in [5.74, 6) is -0.333. The molecule has 0 bridgehead atoms. The van der Waals surface area contributed by atoms with Crippen molar-refractivity contribution in [2.75, 3.05) is 19.8 Å². The van der Waals surface area contributed by atoms with E-state index in [0.29, 0.717) is 38.2 Å². The normalized spacial score (nSPS) is 21.1. The molecule has 1 fully saturated rings. The highest BCUT2D eigenvalue weighted by molar-refractivity contribution is 5.21. The van der Waals surface area contributed by atoms with Crippen LogP contribution in [0.15, 0.2) is 24.3 Å². The minimum atomic E-state index is -0.730. The van der Waals surface area contributed by atoms with E-state index in [0.717, 1.165) is 0 Å². The van der Waals surface area contributed by atoms with Gasteiger partial charge >= 0.3 is 0 Å². The lowest BCUT2D eigenvalue weighted by Crippen LogP contribution is -2.41. The molecule has 0 unspecified atom stereocenters. The van der Waals surface area contributed by atoms with E-state index >= 15 is 0 Å². The lowest BCUT2D eigenvalue weighted by molar-refractivity contribution is -0.0582. The van der Waals surface area contributed by atoms with Gasteiger partial charge in [0.25, 0.3) is 0 Å². The second kappa shape index (κ2) is 5.12. The third kappa shape index (κ3) is 2.49. The van der Waals surface area contributed by atoms with Crippen molar-refractivity contribution in [2.45, 2.75) is 18.9 Å². The standard InChI is InChI=1S/C13H18FNO2/c14-11-3-1-2-10(8-11)12(16)13(9-15)4-6-17-7-5-13/h1-3,8,12,16H,4-7,9,15H2/t12-/m1/s1. The molecule has 2 rings (SSSR count). The van der Waals surface area contributed by atoms with Crippen LogP contribution >= 0.6 is 0 Å². The number of hydrogen-bond donors (Lipinski definition) is 2. The first-order valence-corrected chi connectivity index (χ1v) is 5.89. The lowest BCUT2D eigenvalue weighted by Gasteiger charge is -2.40. The van der Waals surface area contributed by atoms with Crippen LogP contribution in [-0.4, -0.2) is 24.9 Å². The molecule has 1 aromatic carbocycles. The Bertz CT molecular complexity index is 377. The van der Waals surface area contributed by atoms with Crippen molar-refractivity contribution < 1.29 is 14.2 Å². The molecule has 1 atom stereocenters. The average molecular weight is 239 g/mol. The van der Waals surface area contributed by atoms with E-state index in [2.05, 4.69) is 0 Å². The number of rotatable bonds is 3. The van der Waals surface area contributed by atoms with Crippen LogP contribution in [0.25, 0.3) is 0 Å². The molecule has 1 aromatic rings. The van der Waals surface area contributed by atoms with Crippen molar-refractivity contribution in [1.29, 1.82) is 0 Å². The fourth-order valence-electron chi connectivity index (χ4n) is 2.40. The van der Waals surface area contributed by atoms with Gasteiger partial charge in [0, 0.05) is 25.2 Å². The van der Waals surface area contributed by atoms with Crippen LogP contribution in [0.1, 0.15) is 24.5 Å². The summed E-state index contributed by atoms with van der Waals surface area (Å²) in [7, 11) is 0. The molecule has 1 saturated heterocycles. The van der Waals surface area contributed by atoms with Gasteiger partial charge in [-0.2, -0.15) is 0 Å². The largest absolute Gasteiger partial charge is 0.388 e. The minimum absolute atomic E-state index is 0.333. The van der Waals surface area contributed by atoms with Gasteiger partial charge in [0.1, 0.15) is 5.82 Å². The third-order valence-electron chi connectivity index (χ3n) is 3.64. The average Bonchev–Trinajstić information content (AvgIpc) is 2.38. The molecule has 1 aliphatic heterocycles. The first-order chi connectivity index (χ1) is 8.18. The van der Waals surface area contributed by atoms with Crippen LogP contribution in [0.4, 0.5) is 4.39 Å². The van der Waals surface area contributed by atoms with Gasteiger partial charge in [0.15, 0.2) is 0 Å². The Hall–Kier alpha value is -0.970. The van der Waals surface area contributed by atoms with Crippen molar-refractivity contribution in [2.24, 2.45) is 11.1 Å². The van der Waals surface area contributed by atoms with Crippen molar-refractivity contribution in [3.63, 3.8) is 0 Å². The molecule has 0 amide bonds. The van der Waals surface area contributed by atoms with E-state index in [1.807, 2.05) is 0 Å². The van der Waals surface area contributed by atoms with Crippen molar-refractivity contribution in [3.05, 3.63) is 35.6 Å². The first kappa shape index (κ1) is 12.5. The highest BCUT2D eigenvalue weighted by atomic mass is 19.1. The first-order valence-electron chi connectivity index (χ1n) is 5.89. The second-order valence-corrected chi connectivity index (χ2v) is 4.64. The molecule has 0 spiro atoms. The maximum absolute atomic E-state index is 13.2. The second-order valence-electron chi connectivity index (χ2n) is 4.64. The maximum atomic E-state index is 13.2. The molecule has 17 heavy (non-hydrogen) atoms. The van der Waals surface area contributed by atoms with Crippen LogP contribution < -0.4 is 5.73 Å². The zero-order chi connectivity index (χ0) is 12.3. The van der Waals surface area contributed by atoms with Gasteiger partial charge < -0.3 is 15.6 Å². The zero-order valence-corrected chi connectivity index (χ0v) is 9.73. The molecule has 4 heteroatoms. The molecular weight excluding hydrogens is 221 g/mol. The SMILES string of the molecule is NCC1([C@H](O)c2cccc(F)c2)CCOCC1. The van der Waals surface area contributed by atoms with Crippen molar-refractivity contribution in [3.8, 4) is 0 Å². The Morgan fingerprint density at radius 3 is 2.71 bits per heavy atom. The summed E-state index contributed by atoms with van der Waals surface area (Å²) in [6.07, 6.45) is 0.689. The Labute approximate surface area is 100 Å². The number of benzene rings is 1. The van der Waals surface area contributed by atoms with Gasteiger partial charge in [-0.3, -0.25) is 0 Å². The maximum Gasteiger partial charge on any atom is 0.123 e. The number of aliphatic hydroxyl groups is 1. The van der Waals surface area contributed by atoms with E-state index in [-0.39, 0.29) is 11.2 Å². The number of aliphatic hydroxyl groups excluding tert-OH is 1. The summed E-state index contributed by atoms with van der Waals surface area (Å²) in [4.78, 5) is 0. The van der Waals surface area contributed by atoms with E-state index in [4.69, 9.17) is 10.5 Å². The summed E-state index contributed by atoms with van der Waals surface area (Å²) in [6.45, 7) is 1.58. The highest BCUT2D eigenvalue weighted by Gasteiger charge is 2.39. The number of hydrogen-bond acceptors (Lipinski definition) is 3. The van der Waals surface area contributed by atoms with Crippen LogP contribution in [0.3, 0.4) is 0 Å². The number of halogens is 1. The monoisotopic (exact) mass is 239 g/mol. The molecule has 3 nitrogen and oxygen atoms in total.